The van der Waals surface area contributed by atoms with Gasteiger partial charge in [-0.3, -0.25) is 0 Å². The molecule has 0 saturated carbocycles. The topological polar surface area (TPSA) is 39.7 Å². The van der Waals surface area contributed by atoms with E-state index in [9.17, 15) is 0 Å². The molecule has 4 nitrogen and oxygen atoms in total. The van der Waals surface area contributed by atoms with Crippen LogP contribution in [0.2, 0.25) is 0 Å². The number of ether oxygens (including phenoxy) is 3. The Kier molecular flexibility index (Phi) is 3.78. The van der Waals surface area contributed by atoms with E-state index in [2.05, 4.69) is 18.3 Å². The highest BCUT2D eigenvalue weighted by Crippen LogP contribution is 2.39. The lowest BCUT2D eigenvalue weighted by atomic mass is 9.76. The molecule has 1 aromatic carbocycles. The molecular formula is C14H21NO3. The number of benzene rings is 1. The summed E-state index contributed by atoms with van der Waals surface area (Å²) in [5, 5.41) is 3.25. The molecule has 100 valence electrons. The van der Waals surface area contributed by atoms with E-state index < -0.39 is 0 Å². The third-order valence-electron chi connectivity index (χ3n) is 3.57. The fourth-order valence-electron chi connectivity index (χ4n) is 2.59. The first-order chi connectivity index (χ1) is 8.66. The van der Waals surface area contributed by atoms with E-state index in [0.717, 1.165) is 31.3 Å². The molecule has 2 rings (SSSR count). The third kappa shape index (κ3) is 2.06. The second kappa shape index (κ2) is 5.16. The summed E-state index contributed by atoms with van der Waals surface area (Å²) in [5.41, 5.74) is 2.56. The first-order valence-electron chi connectivity index (χ1n) is 6.12. The smallest absolute Gasteiger partial charge is 0.161 e. The highest BCUT2D eigenvalue weighted by Gasteiger charge is 2.41. The van der Waals surface area contributed by atoms with Gasteiger partial charge in [0.1, 0.15) is 0 Å². The zero-order chi connectivity index (χ0) is 13.2. The number of hydrogen-bond donors (Lipinski definition) is 1. The number of aryl methyl sites for hydroxylation is 1. The molecule has 1 heterocycles. The molecule has 1 saturated heterocycles. The molecule has 1 aromatic rings. The quantitative estimate of drug-likeness (QED) is 0.861. The average Bonchev–Trinajstić information content (AvgIpc) is 2.34. The average molecular weight is 251 g/mol. The minimum absolute atomic E-state index is 0.0678. The molecule has 0 atom stereocenters. The molecule has 1 aliphatic rings. The summed E-state index contributed by atoms with van der Waals surface area (Å²) >= 11 is 0. The van der Waals surface area contributed by atoms with Crippen molar-refractivity contribution < 1.29 is 14.2 Å². The molecule has 1 aliphatic heterocycles. The van der Waals surface area contributed by atoms with Gasteiger partial charge < -0.3 is 19.5 Å². The van der Waals surface area contributed by atoms with Crippen LogP contribution in [0.3, 0.4) is 0 Å². The van der Waals surface area contributed by atoms with Crippen LogP contribution in [0.25, 0.3) is 0 Å². The maximum absolute atomic E-state index is 5.42. The van der Waals surface area contributed by atoms with Gasteiger partial charge in [0.05, 0.1) is 32.8 Å². The van der Waals surface area contributed by atoms with Crippen LogP contribution in [0.5, 0.6) is 11.5 Å². The van der Waals surface area contributed by atoms with Crippen molar-refractivity contribution in [2.75, 3.05) is 41.0 Å². The Morgan fingerprint density at radius 2 is 1.83 bits per heavy atom. The largest absolute Gasteiger partial charge is 0.493 e. The molecule has 0 bridgehead atoms. The van der Waals surface area contributed by atoms with E-state index in [0.29, 0.717) is 0 Å². The molecule has 0 spiro atoms. The number of methoxy groups -OCH3 is 2. The molecule has 0 radical (unpaired) electrons. The Balaban J connectivity index is 2.43. The Labute approximate surface area is 108 Å². The minimum atomic E-state index is 0.0678. The van der Waals surface area contributed by atoms with E-state index >= 15 is 0 Å². The van der Waals surface area contributed by atoms with Gasteiger partial charge in [0, 0.05) is 6.54 Å². The highest BCUT2D eigenvalue weighted by molar-refractivity contribution is 5.50. The highest BCUT2D eigenvalue weighted by atomic mass is 16.5. The zero-order valence-corrected chi connectivity index (χ0v) is 11.5. The van der Waals surface area contributed by atoms with E-state index in [4.69, 9.17) is 14.2 Å². The summed E-state index contributed by atoms with van der Waals surface area (Å²) in [6.07, 6.45) is 0. The van der Waals surface area contributed by atoms with E-state index in [-0.39, 0.29) is 5.41 Å². The van der Waals surface area contributed by atoms with Crippen LogP contribution in [0.4, 0.5) is 0 Å². The van der Waals surface area contributed by atoms with Crippen molar-refractivity contribution in [2.45, 2.75) is 12.3 Å². The fourth-order valence-corrected chi connectivity index (χ4v) is 2.59. The molecule has 1 fully saturated rings. The molecule has 4 heteroatoms. The molecule has 0 amide bonds. The van der Waals surface area contributed by atoms with Crippen molar-refractivity contribution in [3.63, 3.8) is 0 Å². The van der Waals surface area contributed by atoms with Crippen molar-refractivity contribution in [1.82, 2.24) is 5.32 Å². The van der Waals surface area contributed by atoms with Crippen molar-refractivity contribution >= 4 is 0 Å². The van der Waals surface area contributed by atoms with Gasteiger partial charge in [0.2, 0.25) is 0 Å². The summed E-state index contributed by atoms with van der Waals surface area (Å²) in [5.74, 6) is 1.55. The maximum atomic E-state index is 5.42. The monoisotopic (exact) mass is 251 g/mol. The zero-order valence-electron chi connectivity index (χ0n) is 11.5. The van der Waals surface area contributed by atoms with Gasteiger partial charge in [-0.15, -0.1) is 0 Å². The molecule has 0 unspecified atom stereocenters. The molecule has 0 aliphatic carbocycles. The van der Waals surface area contributed by atoms with E-state index in [1.165, 1.54) is 11.1 Å². The van der Waals surface area contributed by atoms with E-state index in [1.54, 1.807) is 14.2 Å². The van der Waals surface area contributed by atoms with Crippen LogP contribution in [-0.2, 0) is 10.2 Å². The van der Waals surface area contributed by atoms with Crippen LogP contribution in [0.15, 0.2) is 12.1 Å². The van der Waals surface area contributed by atoms with Crippen LogP contribution in [0, 0.1) is 6.92 Å². The van der Waals surface area contributed by atoms with Crippen molar-refractivity contribution in [3.8, 4) is 11.5 Å². The summed E-state index contributed by atoms with van der Waals surface area (Å²) in [6, 6.07) is 4.11. The number of nitrogens with one attached hydrogen (secondary N) is 1. The summed E-state index contributed by atoms with van der Waals surface area (Å²) in [4.78, 5) is 0. The maximum Gasteiger partial charge on any atom is 0.161 e. The first kappa shape index (κ1) is 13.2. The third-order valence-corrected chi connectivity index (χ3v) is 3.57. The van der Waals surface area contributed by atoms with Crippen molar-refractivity contribution in [2.24, 2.45) is 0 Å². The van der Waals surface area contributed by atoms with Gasteiger partial charge >= 0.3 is 0 Å². The first-order valence-corrected chi connectivity index (χ1v) is 6.12. The summed E-state index contributed by atoms with van der Waals surface area (Å²) in [6.45, 7) is 4.52. The second-order valence-corrected chi connectivity index (χ2v) is 4.83. The predicted molar refractivity (Wildman–Crippen MR) is 70.7 cm³/mol. The summed E-state index contributed by atoms with van der Waals surface area (Å²) in [7, 11) is 5.29. The standard InChI is InChI=1S/C14H21NO3/c1-10-5-12(16-3)13(17-4)6-11(10)14(7-15-2)8-18-9-14/h5-6,15H,7-9H2,1-4H3. The van der Waals surface area contributed by atoms with Crippen LogP contribution >= 0.6 is 0 Å². The van der Waals surface area contributed by atoms with Gasteiger partial charge in [-0.2, -0.15) is 0 Å². The van der Waals surface area contributed by atoms with Gasteiger partial charge in [0.25, 0.3) is 0 Å². The minimum Gasteiger partial charge on any atom is -0.493 e. The SMILES string of the molecule is CNCC1(c2cc(OC)c(OC)cc2C)COC1. The van der Waals surface area contributed by atoms with Crippen molar-refractivity contribution in [1.29, 1.82) is 0 Å². The van der Waals surface area contributed by atoms with Crippen LogP contribution in [-0.4, -0.2) is 41.0 Å². The van der Waals surface area contributed by atoms with Gasteiger partial charge in [-0.05, 0) is 37.2 Å². The predicted octanol–water partition coefficient (Wildman–Crippen LogP) is 1.50. The Hall–Kier alpha value is -1.26. The number of rotatable bonds is 5. The van der Waals surface area contributed by atoms with Gasteiger partial charge in [0.15, 0.2) is 11.5 Å². The Morgan fingerprint density at radius 3 is 2.28 bits per heavy atom. The van der Waals surface area contributed by atoms with E-state index in [1.807, 2.05) is 13.1 Å². The molecule has 18 heavy (non-hydrogen) atoms. The lowest BCUT2D eigenvalue weighted by molar-refractivity contribution is -0.0586. The number of likely N-dealkylation sites (N-methyl/N-ethyl adjacent to an activating group) is 1. The lowest BCUT2D eigenvalue weighted by Gasteiger charge is -2.43. The number of hydrogen-bond acceptors (Lipinski definition) is 4. The van der Waals surface area contributed by atoms with Gasteiger partial charge in [-0.1, -0.05) is 0 Å². The molecular weight excluding hydrogens is 230 g/mol. The van der Waals surface area contributed by atoms with Gasteiger partial charge in [-0.25, -0.2) is 0 Å². The second-order valence-electron chi connectivity index (χ2n) is 4.83. The van der Waals surface area contributed by atoms with Crippen LogP contribution in [0.1, 0.15) is 11.1 Å². The Morgan fingerprint density at radius 1 is 1.22 bits per heavy atom. The fraction of sp³-hybridized carbons (Fsp3) is 0.571. The lowest BCUT2D eigenvalue weighted by Crippen LogP contribution is -2.53. The molecule has 1 N–H and O–H groups in total. The summed E-state index contributed by atoms with van der Waals surface area (Å²) < 4.78 is 16.1. The van der Waals surface area contributed by atoms with Crippen LogP contribution < -0.4 is 14.8 Å². The normalized spacial score (nSPS) is 17.1. The molecule has 0 aromatic heterocycles. The van der Waals surface area contributed by atoms with Crippen molar-refractivity contribution in [3.05, 3.63) is 23.3 Å². The Bertz CT molecular complexity index is 427.